The summed E-state index contributed by atoms with van der Waals surface area (Å²) in [5.74, 6) is 0.287. The molecule has 2 rings (SSSR count). The van der Waals surface area contributed by atoms with Gasteiger partial charge in [0, 0.05) is 16.1 Å². The summed E-state index contributed by atoms with van der Waals surface area (Å²) < 4.78 is 3.02. The maximum Gasteiger partial charge on any atom is 0.211 e. The van der Waals surface area contributed by atoms with Crippen LogP contribution in [0.1, 0.15) is 5.56 Å². The van der Waals surface area contributed by atoms with Crippen LogP contribution in [0.3, 0.4) is 0 Å². The van der Waals surface area contributed by atoms with E-state index in [0.717, 1.165) is 11.0 Å². The van der Waals surface area contributed by atoms with E-state index in [2.05, 4.69) is 28.1 Å². The van der Waals surface area contributed by atoms with Crippen LogP contribution in [0.2, 0.25) is 0 Å². The second-order valence-electron chi connectivity index (χ2n) is 3.36. The standard InChI is InChI=1S/C12H10BrNO/c13-11-5-3-10(4-6-11)8-14-7-1-2-12(15)9-14/h1-7,9H,8H2/p+1. The van der Waals surface area contributed by atoms with E-state index in [1.54, 1.807) is 12.3 Å². The van der Waals surface area contributed by atoms with Gasteiger partial charge in [0.2, 0.25) is 6.20 Å². The Kier molecular flexibility index (Phi) is 3.02. The van der Waals surface area contributed by atoms with Crippen molar-refractivity contribution >= 4 is 15.9 Å². The van der Waals surface area contributed by atoms with Crippen molar-refractivity contribution in [3.05, 3.63) is 58.8 Å². The normalized spacial score (nSPS) is 10.2. The van der Waals surface area contributed by atoms with Crippen LogP contribution in [0.5, 0.6) is 5.75 Å². The lowest BCUT2D eigenvalue weighted by Crippen LogP contribution is -2.32. The van der Waals surface area contributed by atoms with Crippen molar-refractivity contribution in [2.45, 2.75) is 6.54 Å². The molecule has 0 radical (unpaired) electrons. The molecule has 1 heterocycles. The molecule has 0 aliphatic carbocycles. The molecule has 0 atom stereocenters. The molecule has 2 nitrogen and oxygen atoms in total. The van der Waals surface area contributed by atoms with E-state index >= 15 is 0 Å². The summed E-state index contributed by atoms with van der Waals surface area (Å²) >= 11 is 3.40. The van der Waals surface area contributed by atoms with Gasteiger partial charge in [-0.3, -0.25) is 0 Å². The molecular formula is C12H11BrNO+. The topological polar surface area (TPSA) is 24.1 Å². The fourth-order valence-electron chi connectivity index (χ4n) is 1.41. The average molecular weight is 265 g/mol. The zero-order valence-electron chi connectivity index (χ0n) is 8.10. The van der Waals surface area contributed by atoms with Gasteiger partial charge in [-0.15, -0.1) is 0 Å². The Bertz CT molecular complexity index is 453. The van der Waals surface area contributed by atoms with Crippen LogP contribution < -0.4 is 4.57 Å². The summed E-state index contributed by atoms with van der Waals surface area (Å²) in [6.45, 7) is 0.766. The highest BCUT2D eigenvalue weighted by atomic mass is 79.9. The van der Waals surface area contributed by atoms with Gasteiger partial charge >= 0.3 is 0 Å². The van der Waals surface area contributed by atoms with Gasteiger partial charge in [-0.05, 0) is 18.2 Å². The van der Waals surface area contributed by atoms with Crippen LogP contribution >= 0.6 is 15.9 Å². The monoisotopic (exact) mass is 264 g/mol. The second-order valence-corrected chi connectivity index (χ2v) is 4.28. The molecule has 0 bridgehead atoms. The van der Waals surface area contributed by atoms with Crippen LogP contribution in [-0.4, -0.2) is 5.11 Å². The predicted molar refractivity (Wildman–Crippen MR) is 61.5 cm³/mol. The number of aromatic nitrogens is 1. The van der Waals surface area contributed by atoms with Crippen molar-refractivity contribution in [2.24, 2.45) is 0 Å². The first-order valence-corrected chi connectivity index (χ1v) is 5.46. The number of nitrogens with zero attached hydrogens (tertiary/aromatic N) is 1. The fraction of sp³-hybridized carbons (Fsp3) is 0.0833. The minimum atomic E-state index is 0.287. The van der Waals surface area contributed by atoms with Gasteiger partial charge in [-0.2, -0.15) is 4.57 Å². The predicted octanol–water partition coefficient (Wildman–Crippen LogP) is 2.49. The molecule has 76 valence electrons. The quantitative estimate of drug-likeness (QED) is 0.829. The van der Waals surface area contributed by atoms with Crippen LogP contribution in [0.4, 0.5) is 0 Å². The Hall–Kier alpha value is -1.35. The van der Waals surface area contributed by atoms with Crippen LogP contribution in [0, 0.1) is 0 Å². The van der Waals surface area contributed by atoms with E-state index in [0.29, 0.717) is 0 Å². The number of aromatic hydroxyl groups is 1. The molecular weight excluding hydrogens is 254 g/mol. The molecule has 0 saturated heterocycles. The highest BCUT2D eigenvalue weighted by Crippen LogP contribution is 2.10. The van der Waals surface area contributed by atoms with E-state index in [4.69, 9.17) is 0 Å². The summed E-state index contributed by atoms with van der Waals surface area (Å²) in [5.41, 5.74) is 1.20. The number of hydrogen-bond acceptors (Lipinski definition) is 1. The van der Waals surface area contributed by atoms with Gasteiger partial charge in [0.15, 0.2) is 18.5 Å². The lowest BCUT2D eigenvalue weighted by Gasteiger charge is -1.98. The van der Waals surface area contributed by atoms with Gasteiger partial charge < -0.3 is 5.11 Å². The van der Waals surface area contributed by atoms with Crippen molar-refractivity contribution in [3.63, 3.8) is 0 Å². The van der Waals surface area contributed by atoms with Gasteiger partial charge in [0.05, 0.1) is 0 Å². The Morgan fingerprint density at radius 1 is 1.13 bits per heavy atom. The number of halogens is 1. The minimum Gasteiger partial charge on any atom is -0.503 e. The molecule has 3 heteroatoms. The third-order valence-corrected chi connectivity index (χ3v) is 2.65. The van der Waals surface area contributed by atoms with E-state index in [9.17, 15) is 5.11 Å². The average Bonchev–Trinajstić information content (AvgIpc) is 2.22. The summed E-state index contributed by atoms with van der Waals surface area (Å²) in [6.07, 6.45) is 3.64. The van der Waals surface area contributed by atoms with E-state index in [1.807, 2.05) is 29.0 Å². The van der Waals surface area contributed by atoms with Crippen molar-refractivity contribution in [2.75, 3.05) is 0 Å². The number of pyridine rings is 1. The Balaban J connectivity index is 2.18. The zero-order chi connectivity index (χ0) is 10.7. The maximum absolute atomic E-state index is 9.31. The summed E-state index contributed by atoms with van der Waals surface area (Å²) in [4.78, 5) is 0. The fourth-order valence-corrected chi connectivity index (χ4v) is 1.67. The van der Waals surface area contributed by atoms with Crippen molar-refractivity contribution in [1.29, 1.82) is 0 Å². The highest BCUT2D eigenvalue weighted by Gasteiger charge is 2.02. The van der Waals surface area contributed by atoms with E-state index in [-0.39, 0.29) is 5.75 Å². The van der Waals surface area contributed by atoms with Crippen LogP contribution in [0.15, 0.2) is 53.3 Å². The van der Waals surface area contributed by atoms with E-state index in [1.165, 1.54) is 5.56 Å². The van der Waals surface area contributed by atoms with Gasteiger partial charge in [-0.1, -0.05) is 28.1 Å². The second kappa shape index (κ2) is 4.45. The largest absolute Gasteiger partial charge is 0.503 e. The third kappa shape index (κ3) is 2.80. The van der Waals surface area contributed by atoms with Crippen molar-refractivity contribution in [3.8, 4) is 5.75 Å². The molecule has 15 heavy (non-hydrogen) atoms. The maximum atomic E-state index is 9.31. The summed E-state index contributed by atoms with van der Waals surface area (Å²) in [5, 5.41) is 9.31. The molecule has 1 aromatic heterocycles. The number of hydrogen-bond donors (Lipinski definition) is 1. The molecule has 0 aliphatic heterocycles. The first kappa shape index (κ1) is 10.2. The van der Waals surface area contributed by atoms with Crippen molar-refractivity contribution < 1.29 is 9.67 Å². The van der Waals surface area contributed by atoms with E-state index < -0.39 is 0 Å². The number of benzene rings is 1. The lowest BCUT2D eigenvalue weighted by molar-refractivity contribution is -0.688. The van der Waals surface area contributed by atoms with Crippen LogP contribution in [-0.2, 0) is 6.54 Å². The summed E-state index contributed by atoms with van der Waals surface area (Å²) in [6, 6.07) is 11.6. The Labute approximate surface area is 96.9 Å². The molecule has 0 unspecified atom stereocenters. The molecule has 2 aromatic rings. The molecule has 1 aromatic carbocycles. The molecule has 0 fully saturated rings. The Morgan fingerprint density at radius 2 is 1.87 bits per heavy atom. The Morgan fingerprint density at radius 3 is 2.53 bits per heavy atom. The molecule has 1 N–H and O–H groups in total. The highest BCUT2D eigenvalue weighted by molar-refractivity contribution is 9.10. The van der Waals surface area contributed by atoms with Gasteiger partial charge in [-0.25, -0.2) is 0 Å². The van der Waals surface area contributed by atoms with Crippen LogP contribution in [0.25, 0.3) is 0 Å². The first-order chi connectivity index (χ1) is 7.24. The minimum absolute atomic E-state index is 0.287. The SMILES string of the molecule is Oc1ccc[n+](Cc2ccc(Br)cc2)c1. The summed E-state index contributed by atoms with van der Waals surface area (Å²) in [7, 11) is 0. The zero-order valence-corrected chi connectivity index (χ0v) is 9.68. The smallest absolute Gasteiger partial charge is 0.211 e. The van der Waals surface area contributed by atoms with Gasteiger partial charge in [0.1, 0.15) is 0 Å². The molecule has 0 saturated carbocycles. The lowest BCUT2D eigenvalue weighted by atomic mass is 10.2. The third-order valence-electron chi connectivity index (χ3n) is 2.12. The molecule has 0 aliphatic rings. The number of rotatable bonds is 2. The van der Waals surface area contributed by atoms with Gasteiger partial charge in [0.25, 0.3) is 0 Å². The van der Waals surface area contributed by atoms with Crippen molar-refractivity contribution in [1.82, 2.24) is 0 Å². The first-order valence-electron chi connectivity index (χ1n) is 4.66. The molecule has 0 amide bonds. The molecule has 0 spiro atoms.